The minimum absolute atomic E-state index is 0.0718. The molecule has 1 aromatic heterocycles. The van der Waals surface area contributed by atoms with Crippen molar-refractivity contribution >= 4 is 22.8 Å². The van der Waals surface area contributed by atoms with E-state index in [1.54, 1.807) is 4.90 Å². The smallest absolute Gasteiger partial charge is 0.303 e. The van der Waals surface area contributed by atoms with E-state index in [0.29, 0.717) is 25.2 Å². The van der Waals surface area contributed by atoms with E-state index in [1.165, 1.54) is 0 Å². The Balaban J connectivity index is 1.73. The number of carboxylic acid groups (broad SMARTS) is 1. The molecule has 1 unspecified atom stereocenters. The first-order chi connectivity index (χ1) is 10.6. The van der Waals surface area contributed by atoms with Gasteiger partial charge in [-0.2, -0.15) is 5.10 Å². The van der Waals surface area contributed by atoms with Crippen molar-refractivity contribution in [3.63, 3.8) is 0 Å². The minimum atomic E-state index is -0.776. The summed E-state index contributed by atoms with van der Waals surface area (Å²) >= 11 is 0. The molecule has 0 saturated carbocycles. The van der Waals surface area contributed by atoms with E-state index in [0.717, 1.165) is 23.7 Å². The van der Waals surface area contributed by atoms with Crippen LogP contribution >= 0.6 is 0 Å². The number of aliphatic carboxylic acids is 1. The molecule has 2 aromatic rings. The zero-order valence-corrected chi connectivity index (χ0v) is 12.3. The predicted octanol–water partition coefficient (Wildman–Crippen LogP) is 2.28. The predicted molar refractivity (Wildman–Crippen MR) is 81.6 cm³/mol. The van der Waals surface area contributed by atoms with Gasteiger partial charge < -0.3 is 10.0 Å². The van der Waals surface area contributed by atoms with E-state index in [-0.39, 0.29) is 18.2 Å². The number of piperidine rings is 1. The van der Waals surface area contributed by atoms with Crippen LogP contribution in [0, 0.1) is 5.92 Å². The number of nitrogens with zero attached hydrogens (tertiary/aromatic N) is 2. The van der Waals surface area contributed by atoms with Crippen molar-refractivity contribution in [1.29, 1.82) is 0 Å². The lowest BCUT2D eigenvalue weighted by molar-refractivity contribution is -0.137. The summed E-state index contributed by atoms with van der Waals surface area (Å²) in [4.78, 5) is 25.2. The fourth-order valence-corrected chi connectivity index (χ4v) is 3.09. The van der Waals surface area contributed by atoms with Crippen LogP contribution < -0.4 is 0 Å². The number of nitrogens with one attached hydrogen (secondary N) is 1. The third kappa shape index (κ3) is 2.95. The van der Waals surface area contributed by atoms with E-state index in [4.69, 9.17) is 5.11 Å². The zero-order valence-electron chi connectivity index (χ0n) is 12.3. The van der Waals surface area contributed by atoms with Gasteiger partial charge in [0.05, 0.1) is 5.52 Å². The van der Waals surface area contributed by atoms with Crippen LogP contribution in [0.3, 0.4) is 0 Å². The van der Waals surface area contributed by atoms with Crippen LogP contribution in [0.5, 0.6) is 0 Å². The molecule has 116 valence electrons. The average molecular weight is 301 g/mol. The maximum atomic E-state index is 12.7. The fourth-order valence-electron chi connectivity index (χ4n) is 3.09. The molecule has 1 saturated heterocycles. The van der Waals surface area contributed by atoms with Crippen molar-refractivity contribution in [1.82, 2.24) is 15.1 Å². The molecule has 3 rings (SSSR count). The Morgan fingerprint density at radius 2 is 2.18 bits per heavy atom. The summed E-state index contributed by atoms with van der Waals surface area (Å²) in [6, 6.07) is 7.57. The Morgan fingerprint density at radius 3 is 3.00 bits per heavy atom. The molecule has 1 fully saturated rings. The van der Waals surface area contributed by atoms with Gasteiger partial charge in [0.15, 0.2) is 5.69 Å². The topological polar surface area (TPSA) is 86.3 Å². The van der Waals surface area contributed by atoms with E-state index in [1.807, 2.05) is 24.3 Å². The van der Waals surface area contributed by atoms with Crippen LogP contribution in [0.15, 0.2) is 24.3 Å². The average Bonchev–Trinajstić information content (AvgIpc) is 2.96. The Bertz CT molecular complexity index is 695. The molecule has 0 bridgehead atoms. The Kier molecular flexibility index (Phi) is 4.09. The number of benzene rings is 1. The van der Waals surface area contributed by atoms with E-state index < -0.39 is 5.97 Å². The van der Waals surface area contributed by atoms with Gasteiger partial charge in [0.25, 0.3) is 5.91 Å². The summed E-state index contributed by atoms with van der Waals surface area (Å²) in [6.45, 7) is 1.33. The summed E-state index contributed by atoms with van der Waals surface area (Å²) in [5.41, 5.74) is 1.31. The lowest BCUT2D eigenvalue weighted by atomic mass is 9.93. The second-order valence-corrected chi connectivity index (χ2v) is 5.81. The van der Waals surface area contributed by atoms with Crippen LogP contribution in [0.2, 0.25) is 0 Å². The van der Waals surface area contributed by atoms with Crippen LogP contribution in [0.1, 0.15) is 36.2 Å². The number of carbonyl (C=O) groups excluding carboxylic acids is 1. The molecule has 1 amide bonds. The summed E-state index contributed by atoms with van der Waals surface area (Å²) in [7, 11) is 0. The van der Waals surface area contributed by atoms with Crippen LogP contribution in [0.25, 0.3) is 10.9 Å². The maximum absolute atomic E-state index is 12.7. The molecular weight excluding hydrogens is 282 g/mol. The SMILES string of the molecule is O=C(O)CCC1CCCN(C(=O)c2n[nH]c3ccccc23)C1. The second kappa shape index (κ2) is 6.17. The largest absolute Gasteiger partial charge is 0.481 e. The molecule has 0 radical (unpaired) electrons. The zero-order chi connectivity index (χ0) is 15.5. The summed E-state index contributed by atoms with van der Waals surface area (Å²) in [5.74, 6) is -0.585. The minimum Gasteiger partial charge on any atom is -0.481 e. The van der Waals surface area contributed by atoms with Crippen molar-refractivity contribution in [3.05, 3.63) is 30.0 Å². The number of aromatic amines is 1. The molecule has 1 aromatic carbocycles. The number of aromatic nitrogens is 2. The first-order valence-electron chi connectivity index (χ1n) is 7.59. The molecule has 1 aliphatic heterocycles. The molecule has 1 atom stereocenters. The normalized spacial score (nSPS) is 18.5. The highest BCUT2D eigenvalue weighted by Gasteiger charge is 2.27. The molecule has 2 heterocycles. The monoisotopic (exact) mass is 301 g/mol. The number of hydrogen-bond donors (Lipinski definition) is 2. The van der Waals surface area contributed by atoms with Crippen LogP contribution in [0.4, 0.5) is 0 Å². The van der Waals surface area contributed by atoms with Gasteiger partial charge in [-0.15, -0.1) is 0 Å². The number of para-hydroxylation sites is 1. The Morgan fingerprint density at radius 1 is 1.36 bits per heavy atom. The molecule has 0 spiro atoms. The third-order valence-electron chi connectivity index (χ3n) is 4.25. The van der Waals surface area contributed by atoms with Crippen molar-refractivity contribution in [2.45, 2.75) is 25.7 Å². The number of fused-ring (bicyclic) bond motifs is 1. The lowest BCUT2D eigenvalue weighted by Crippen LogP contribution is -2.40. The van der Waals surface area contributed by atoms with Crippen LogP contribution in [-0.2, 0) is 4.79 Å². The van der Waals surface area contributed by atoms with Gasteiger partial charge >= 0.3 is 5.97 Å². The van der Waals surface area contributed by atoms with E-state index in [9.17, 15) is 9.59 Å². The van der Waals surface area contributed by atoms with Crippen molar-refractivity contribution in [2.75, 3.05) is 13.1 Å². The molecule has 6 nitrogen and oxygen atoms in total. The van der Waals surface area contributed by atoms with Crippen molar-refractivity contribution in [2.24, 2.45) is 5.92 Å². The summed E-state index contributed by atoms with van der Waals surface area (Å²) in [6.07, 6.45) is 2.69. The molecule has 22 heavy (non-hydrogen) atoms. The van der Waals surface area contributed by atoms with Gasteiger partial charge in [-0.1, -0.05) is 18.2 Å². The van der Waals surface area contributed by atoms with E-state index in [2.05, 4.69) is 10.2 Å². The van der Waals surface area contributed by atoms with Gasteiger partial charge in [-0.3, -0.25) is 14.7 Å². The van der Waals surface area contributed by atoms with Crippen molar-refractivity contribution < 1.29 is 14.7 Å². The van der Waals surface area contributed by atoms with Crippen LogP contribution in [-0.4, -0.2) is 45.2 Å². The fraction of sp³-hybridized carbons (Fsp3) is 0.438. The summed E-state index contributed by atoms with van der Waals surface area (Å²) in [5, 5.41) is 16.7. The number of amides is 1. The standard InChI is InChI=1S/C16H19N3O3/c20-14(21)8-7-11-4-3-9-19(10-11)16(22)15-12-5-1-2-6-13(12)17-18-15/h1-2,5-6,11H,3-4,7-10H2,(H,17,18)(H,20,21). The summed E-state index contributed by atoms with van der Waals surface area (Å²) < 4.78 is 0. The molecule has 2 N–H and O–H groups in total. The highest BCUT2D eigenvalue weighted by molar-refractivity contribution is 6.04. The lowest BCUT2D eigenvalue weighted by Gasteiger charge is -2.32. The number of hydrogen-bond acceptors (Lipinski definition) is 3. The number of carbonyl (C=O) groups is 2. The van der Waals surface area contributed by atoms with Gasteiger partial charge in [0.2, 0.25) is 0 Å². The number of carboxylic acids is 1. The number of likely N-dealkylation sites (tertiary alicyclic amines) is 1. The molecule has 6 heteroatoms. The number of rotatable bonds is 4. The Hall–Kier alpha value is -2.37. The second-order valence-electron chi connectivity index (χ2n) is 5.81. The van der Waals surface area contributed by atoms with Gasteiger partial charge in [-0.05, 0) is 31.2 Å². The quantitative estimate of drug-likeness (QED) is 0.907. The molecule has 1 aliphatic rings. The highest BCUT2D eigenvalue weighted by Crippen LogP contribution is 2.24. The van der Waals surface area contributed by atoms with Gasteiger partial charge in [-0.25, -0.2) is 0 Å². The maximum Gasteiger partial charge on any atom is 0.303 e. The first-order valence-corrected chi connectivity index (χ1v) is 7.59. The molecular formula is C16H19N3O3. The van der Waals surface area contributed by atoms with Gasteiger partial charge in [0.1, 0.15) is 0 Å². The van der Waals surface area contributed by atoms with Gasteiger partial charge in [0, 0.05) is 24.9 Å². The van der Waals surface area contributed by atoms with Crippen molar-refractivity contribution in [3.8, 4) is 0 Å². The first kappa shape index (κ1) is 14.6. The number of H-pyrrole nitrogens is 1. The molecule has 0 aliphatic carbocycles. The Labute approximate surface area is 128 Å². The van der Waals surface area contributed by atoms with E-state index >= 15 is 0 Å². The highest BCUT2D eigenvalue weighted by atomic mass is 16.4. The third-order valence-corrected chi connectivity index (χ3v) is 4.25.